The first-order valence-corrected chi connectivity index (χ1v) is 6.26. The van der Waals surface area contributed by atoms with Gasteiger partial charge in [-0.25, -0.2) is 8.42 Å². The fraction of sp³-hybridized carbons (Fsp3) is 0.125. The molecule has 1 aromatic carbocycles. The van der Waals surface area contributed by atoms with Crippen LogP contribution in [-0.4, -0.2) is 14.2 Å². The van der Waals surface area contributed by atoms with Crippen molar-refractivity contribution in [3.05, 3.63) is 28.8 Å². The Morgan fingerprint density at radius 1 is 1.36 bits per heavy atom. The number of carbonyl (C=O) groups is 1. The molecule has 14 heavy (non-hydrogen) atoms. The summed E-state index contributed by atoms with van der Waals surface area (Å²) in [4.78, 5) is 10.7. The molecule has 3 nitrogen and oxygen atoms in total. The summed E-state index contributed by atoms with van der Waals surface area (Å²) in [6, 6.07) is 3.85. The molecule has 0 fully saturated rings. The molecule has 0 aromatic heterocycles. The number of ketones is 1. The Bertz CT molecular complexity index is 479. The van der Waals surface area contributed by atoms with E-state index >= 15 is 0 Å². The molecule has 0 aliphatic heterocycles. The zero-order chi connectivity index (χ0) is 10.9. The van der Waals surface area contributed by atoms with Crippen LogP contribution in [0.1, 0.15) is 17.3 Å². The highest BCUT2D eigenvalue weighted by Crippen LogP contribution is 2.25. The van der Waals surface area contributed by atoms with Crippen molar-refractivity contribution in [2.45, 2.75) is 11.8 Å². The van der Waals surface area contributed by atoms with Crippen LogP contribution in [0.5, 0.6) is 0 Å². The highest BCUT2D eigenvalue weighted by molar-refractivity contribution is 8.13. The van der Waals surface area contributed by atoms with Crippen molar-refractivity contribution in [1.82, 2.24) is 0 Å². The topological polar surface area (TPSA) is 51.2 Å². The maximum absolute atomic E-state index is 10.9. The second-order valence-electron chi connectivity index (χ2n) is 2.64. The van der Waals surface area contributed by atoms with Crippen molar-refractivity contribution in [2.24, 2.45) is 0 Å². The number of benzene rings is 1. The minimum atomic E-state index is -3.85. The third-order valence-corrected chi connectivity index (χ3v) is 3.41. The van der Waals surface area contributed by atoms with Crippen molar-refractivity contribution in [3.8, 4) is 0 Å². The Kier molecular flexibility index (Phi) is 3.19. The molecular weight excluding hydrogens is 247 g/mol. The predicted molar refractivity (Wildman–Crippen MR) is 54.5 cm³/mol. The normalized spacial score (nSPS) is 11.4. The summed E-state index contributed by atoms with van der Waals surface area (Å²) >= 11 is 5.64. The van der Waals surface area contributed by atoms with E-state index in [2.05, 4.69) is 0 Å². The molecule has 0 radical (unpaired) electrons. The van der Waals surface area contributed by atoms with Crippen LogP contribution < -0.4 is 0 Å². The van der Waals surface area contributed by atoms with Gasteiger partial charge in [0.2, 0.25) is 0 Å². The second-order valence-corrected chi connectivity index (χ2v) is 5.58. The molecule has 76 valence electrons. The second kappa shape index (κ2) is 3.88. The summed E-state index contributed by atoms with van der Waals surface area (Å²) in [6.45, 7) is 1.36. The third kappa shape index (κ3) is 2.47. The van der Waals surface area contributed by atoms with Crippen molar-refractivity contribution in [1.29, 1.82) is 0 Å². The number of carbonyl (C=O) groups excluding carboxylic acids is 1. The van der Waals surface area contributed by atoms with E-state index in [0.29, 0.717) is 5.56 Å². The molecule has 0 aliphatic rings. The largest absolute Gasteiger partial charge is 0.295 e. The van der Waals surface area contributed by atoms with Crippen molar-refractivity contribution >= 4 is 37.1 Å². The van der Waals surface area contributed by atoms with Gasteiger partial charge in [-0.15, -0.1) is 0 Å². The van der Waals surface area contributed by atoms with Crippen molar-refractivity contribution < 1.29 is 13.2 Å². The average molecular weight is 253 g/mol. The maximum Gasteiger partial charge on any atom is 0.262 e. The molecule has 0 aliphatic carbocycles. The zero-order valence-electron chi connectivity index (χ0n) is 7.12. The average Bonchev–Trinajstić information content (AvgIpc) is 2.01. The SMILES string of the molecule is CC(=O)c1ccc(S(=O)(=O)Cl)c(Cl)c1. The van der Waals surface area contributed by atoms with Crippen molar-refractivity contribution in [3.63, 3.8) is 0 Å². The van der Waals surface area contributed by atoms with Crippen LogP contribution in [0.2, 0.25) is 5.02 Å². The van der Waals surface area contributed by atoms with E-state index in [1.807, 2.05) is 0 Å². The molecule has 0 saturated heterocycles. The summed E-state index contributed by atoms with van der Waals surface area (Å²) in [6.07, 6.45) is 0. The molecule has 0 spiro atoms. The Labute approximate surface area is 91.1 Å². The van der Waals surface area contributed by atoms with E-state index in [4.69, 9.17) is 22.3 Å². The third-order valence-electron chi connectivity index (χ3n) is 1.60. The van der Waals surface area contributed by atoms with Crippen LogP contribution >= 0.6 is 22.3 Å². The number of halogens is 2. The predicted octanol–water partition coefficient (Wildman–Crippen LogP) is 2.47. The lowest BCUT2D eigenvalue weighted by Gasteiger charge is -2.01. The molecule has 1 aromatic rings. The first kappa shape index (κ1) is 11.5. The number of hydrogen-bond acceptors (Lipinski definition) is 3. The standard InChI is InChI=1S/C8H6Cl2O3S/c1-5(11)6-2-3-8(7(9)4-6)14(10,12)13/h2-4H,1H3. The van der Waals surface area contributed by atoms with Crippen LogP contribution in [0.15, 0.2) is 23.1 Å². The monoisotopic (exact) mass is 252 g/mol. The molecule has 1 rings (SSSR count). The molecule has 6 heteroatoms. The molecule has 0 unspecified atom stereocenters. The lowest BCUT2D eigenvalue weighted by Crippen LogP contribution is -1.96. The summed E-state index contributed by atoms with van der Waals surface area (Å²) in [5.41, 5.74) is 0.346. The van der Waals surface area contributed by atoms with Gasteiger partial charge < -0.3 is 0 Å². The Morgan fingerprint density at radius 3 is 2.29 bits per heavy atom. The minimum absolute atomic E-state index is 0.0484. The minimum Gasteiger partial charge on any atom is -0.295 e. The highest BCUT2D eigenvalue weighted by atomic mass is 35.7. The van der Waals surface area contributed by atoms with E-state index in [-0.39, 0.29) is 15.7 Å². The first-order chi connectivity index (χ1) is 6.32. The van der Waals surface area contributed by atoms with Gasteiger partial charge >= 0.3 is 0 Å². The van der Waals surface area contributed by atoms with Gasteiger partial charge in [-0.05, 0) is 25.1 Å². The van der Waals surface area contributed by atoms with Gasteiger partial charge in [0.15, 0.2) is 5.78 Å². The first-order valence-electron chi connectivity index (χ1n) is 3.57. The highest BCUT2D eigenvalue weighted by Gasteiger charge is 2.15. The van der Waals surface area contributed by atoms with E-state index in [1.54, 1.807) is 0 Å². The molecule has 0 saturated carbocycles. The van der Waals surface area contributed by atoms with E-state index in [1.165, 1.54) is 25.1 Å². The molecule has 0 amide bonds. The van der Waals surface area contributed by atoms with Gasteiger partial charge in [0.1, 0.15) is 4.90 Å². The fourth-order valence-electron chi connectivity index (χ4n) is 0.918. The summed E-state index contributed by atoms with van der Waals surface area (Å²) < 4.78 is 21.9. The maximum atomic E-state index is 10.9. The van der Waals surface area contributed by atoms with Gasteiger partial charge in [-0.2, -0.15) is 0 Å². The van der Waals surface area contributed by atoms with Gasteiger partial charge in [-0.1, -0.05) is 11.6 Å². The lowest BCUT2D eigenvalue weighted by atomic mass is 10.1. The molecule has 0 heterocycles. The Balaban J connectivity index is 3.35. The quantitative estimate of drug-likeness (QED) is 0.601. The van der Waals surface area contributed by atoms with E-state index in [0.717, 1.165) is 0 Å². The van der Waals surface area contributed by atoms with Crippen LogP contribution in [-0.2, 0) is 9.05 Å². The smallest absolute Gasteiger partial charge is 0.262 e. The van der Waals surface area contributed by atoms with Crippen LogP contribution in [0.4, 0.5) is 0 Å². The van der Waals surface area contributed by atoms with Crippen LogP contribution in [0, 0.1) is 0 Å². The van der Waals surface area contributed by atoms with E-state index in [9.17, 15) is 13.2 Å². The molecule has 0 bridgehead atoms. The fourth-order valence-corrected chi connectivity index (χ4v) is 2.45. The van der Waals surface area contributed by atoms with Gasteiger partial charge in [0.25, 0.3) is 9.05 Å². The lowest BCUT2D eigenvalue weighted by molar-refractivity contribution is 0.101. The number of hydrogen-bond donors (Lipinski definition) is 0. The summed E-state index contributed by atoms with van der Waals surface area (Å²) in [7, 11) is 1.25. The Hall–Kier alpha value is -0.580. The van der Waals surface area contributed by atoms with Crippen LogP contribution in [0.3, 0.4) is 0 Å². The number of Topliss-reactive ketones (excluding diaryl/α,β-unsaturated/α-hetero) is 1. The Morgan fingerprint density at radius 2 is 1.93 bits per heavy atom. The van der Waals surface area contributed by atoms with Crippen molar-refractivity contribution in [2.75, 3.05) is 0 Å². The molecule has 0 N–H and O–H groups in total. The van der Waals surface area contributed by atoms with Gasteiger partial charge in [0.05, 0.1) is 5.02 Å². The summed E-state index contributed by atoms with van der Waals surface area (Å²) in [5.74, 6) is -0.189. The molecule has 0 atom stereocenters. The van der Waals surface area contributed by atoms with Crippen LogP contribution in [0.25, 0.3) is 0 Å². The van der Waals surface area contributed by atoms with Gasteiger partial charge in [0, 0.05) is 16.2 Å². The zero-order valence-corrected chi connectivity index (χ0v) is 9.45. The van der Waals surface area contributed by atoms with Gasteiger partial charge in [-0.3, -0.25) is 4.79 Å². The number of rotatable bonds is 2. The molecular formula is C8H6Cl2O3S. The van der Waals surface area contributed by atoms with E-state index < -0.39 is 9.05 Å². The summed E-state index contributed by atoms with van der Waals surface area (Å²) in [5, 5.41) is -0.0484.